The Labute approximate surface area is 102 Å². The van der Waals surface area contributed by atoms with Gasteiger partial charge in [-0.1, -0.05) is 0 Å². The molecule has 0 aromatic heterocycles. The van der Waals surface area contributed by atoms with E-state index < -0.39 is 26.2 Å². The largest absolute Gasteiger partial charge is 1.00 e. The van der Waals surface area contributed by atoms with Gasteiger partial charge in [0.25, 0.3) is 7.75 Å². The van der Waals surface area contributed by atoms with Crippen LogP contribution in [0.5, 0.6) is 0 Å². The molecule has 76 valence electrons. The summed E-state index contributed by atoms with van der Waals surface area (Å²) in [6.45, 7) is -0.505. The molecular weight excluding hydrogens is 224 g/mol. The van der Waals surface area contributed by atoms with Gasteiger partial charge in [-0.05, 0) is 0 Å². The summed E-state index contributed by atoms with van der Waals surface area (Å²) < 4.78 is 12.8. The van der Waals surface area contributed by atoms with E-state index in [1.807, 2.05) is 0 Å². The second kappa shape index (κ2) is 6.39. The Balaban J connectivity index is 0. The minimum atomic E-state index is -4.84. The molecule has 8 nitrogen and oxygen atoms in total. The van der Waals surface area contributed by atoms with Gasteiger partial charge in [0.05, 0.1) is 0 Å². The fourth-order valence-electron chi connectivity index (χ4n) is 0.490. The summed E-state index contributed by atoms with van der Waals surface area (Å²) in [6, 6.07) is 0. The van der Waals surface area contributed by atoms with Gasteiger partial charge in [0.15, 0.2) is 5.96 Å². The third kappa shape index (κ3) is 8.49. The number of aliphatic carboxylic acids is 1. The molecule has 0 aliphatic carbocycles. The number of carbonyl (C=O) groups is 1. The van der Waals surface area contributed by atoms with E-state index >= 15 is 0 Å². The molecule has 0 fully saturated rings. The molecule has 0 aromatic rings. The first-order chi connectivity index (χ1) is 5.72. The van der Waals surface area contributed by atoms with Crippen molar-refractivity contribution >= 4 is 19.7 Å². The van der Waals surface area contributed by atoms with Crippen molar-refractivity contribution in [1.82, 2.24) is 4.90 Å². The van der Waals surface area contributed by atoms with Crippen molar-refractivity contribution in [2.24, 2.45) is 10.5 Å². The number of guanidine groups is 1. The molecule has 0 rings (SSSR count). The van der Waals surface area contributed by atoms with Crippen molar-refractivity contribution in [1.29, 1.82) is 0 Å². The van der Waals surface area contributed by atoms with Gasteiger partial charge in [0.2, 0.25) is 0 Å². The van der Waals surface area contributed by atoms with E-state index in [1.54, 1.807) is 0 Å². The Morgan fingerprint density at radius 2 is 2.14 bits per heavy atom. The Morgan fingerprint density at radius 1 is 1.71 bits per heavy atom. The predicted octanol–water partition coefficient (Wildman–Crippen LogP) is -5.22. The second-order valence-corrected chi connectivity index (χ2v) is 3.38. The summed E-state index contributed by atoms with van der Waals surface area (Å²) in [5.41, 5.74) is 5.03. The standard InChI is InChI=1S/C4H10N3O5P.Na/c1-7(2-3(8)9)4(5)6-13(10,11)12;/h2H2,1H3,(H,8,9)(H4,5,6,10,11,12);/q;+1/p-1. The topological polar surface area (TPSA) is 139 Å². The predicted molar refractivity (Wildman–Crippen MR) is 41.7 cm³/mol. The average molecular weight is 233 g/mol. The quantitative estimate of drug-likeness (QED) is 0.191. The van der Waals surface area contributed by atoms with Crippen LogP contribution in [0, 0.1) is 0 Å². The van der Waals surface area contributed by atoms with Crippen LogP contribution >= 0.6 is 7.75 Å². The Morgan fingerprint density at radius 3 is 2.43 bits per heavy atom. The van der Waals surface area contributed by atoms with Gasteiger partial charge >= 0.3 is 35.5 Å². The molecule has 0 aliphatic rings. The maximum absolute atomic E-state index is 10.2. The molecular formula is C4H9N3NaO5P. The van der Waals surface area contributed by atoms with Gasteiger partial charge < -0.3 is 25.5 Å². The third-order valence-corrected chi connectivity index (χ3v) is 1.45. The van der Waals surface area contributed by atoms with E-state index in [2.05, 4.69) is 4.76 Å². The summed E-state index contributed by atoms with van der Waals surface area (Å²) in [6.07, 6.45) is 0. The maximum atomic E-state index is 10.2. The smallest absolute Gasteiger partial charge is 0.760 e. The van der Waals surface area contributed by atoms with Crippen molar-refractivity contribution < 1.29 is 53.8 Å². The SMILES string of the molecule is CN(CC(=O)O)/C(N)=N/P(=O)([O-])O.[Na+]. The number of likely N-dealkylation sites (N-methyl/N-ethyl adjacent to an activating group) is 1. The molecule has 14 heavy (non-hydrogen) atoms. The molecule has 1 unspecified atom stereocenters. The molecule has 0 aromatic carbocycles. The van der Waals surface area contributed by atoms with E-state index in [-0.39, 0.29) is 29.6 Å². The average Bonchev–Trinajstić information content (AvgIpc) is 1.81. The van der Waals surface area contributed by atoms with E-state index in [0.29, 0.717) is 0 Å². The van der Waals surface area contributed by atoms with Gasteiger partial charge in [0.1, 0.15) is 6.54 Å². The first kappa shape index (κ1) is 16.3. The van der Waals surface area contributed by atoms with E-state index in [1.165, 1.54) is 7.05 Å². The van der Waals surface area contributed by atoms with Crippen LogP contribution in [0.1, 0.15) is 0 Å². The van der Waals surface area contributed by atoms with E-state index in [4.69, 9.17) is 15.7 Å². The molecule has 0 saturated heterocycles. The zero-order valence-electron chi connectivity index (χ0n) is 7.75. The normalized spacial score (nSPS) is 15.2. The molecule has 0 radical (unpaired) electrons. The number of nitrogens with two attached hydrogens (primary N) is 1. The molecule has 0 spiro atoms. The molecule has 0 heterocycles. The fraction of sp³-hybridized carbons (Fsp3) is 0.500. The number of carboxylic acid groups (broad SMARTS) is 1. The van der Waals surface area contributed by atoms with Crippen LogP contribution < -0.4 is 40.2 Å². The van der Waals surface area contributed by atoms with Crippen molar-refractivity contribution in [3.05, 3.63) is 0 Å². The fourth-order valence-corrected chi connectivity index (χ4v) is 0.901. The Hall–Kier alpha value is -0.110. The number of carboxylic acids is 1. The number of nitrogens with zero attached hydrogens (tertiary/aromatic N) is 2. The Bertz CT molecular complexity index is 276. The van der Waals surface area contributed by atoms with Gasteiger partial charge in [-0.2, -0.15) is 4.76 Å². The summed E-state index contributed by atoms with van der Waals surface area (Å²) >= 11 is 0. The molecule has 0 aliphatic heterocycles. The van der Waals surface area contributed by atoms with Crippen LogP contribution in [0.25, 0.3) is 0 Å². The van der Waals surface area contributed by atoms with Crippen LogP contribution in [-0.4, -0.2) is 40.4 Å². The summed E-state index contributed by atoms with van der Waals surface area (Å²) in [5.74, 6) is -1.78. The zero-order valence-corrected chi connectivity index (χ0v) is 10.6. The van der Waals surface area contributed by atoms with E-state index in [9.17, 15) is 14.3 Å². The van der Waals surface area contributed by atoms with Crippen LogP contribution in [0.2, 0.25) is 0 Å². The molecule has 4 N–H and O–H groups in total. The van der Waals surface area contributed by atoms with Crippen LogP contribution in [0.4, 0.5) is 0 Å². The first-order valence-corrected chi connectivity index (χ1v) is 4.58. The summed E-state index contributed by atoms with van der Waals surface area (Å²) in [4.78, 5) is 29.4. The van der Waals surface area contributed by atoms with Crippen molar-refractivity contribution in [3.63, 3.8) is 0 Å². The molecule has 0 saturated carbocycles. The number of hydrogen-bond donors (Lipinski definition) is 3. The molecule has 0 amide bonds. The number of hydrogen-bond acceptors (Lipinski definition) is 3. The maximum Gasteiger partial charge on any atom is 1.00 e. The summed E-state index contributed by atoms with van der Waals surface area (Å²) in [7, 11) is -3.62. The van der Waals surface area contributed by atoms with Crippen molar-refractivity contribution in [2.75, 3.05) is 13.6 Å². The molecule has 1 atom stereocenters. The van der Waals surface area contributed by atoms with Gasteiger partial charge in [-0.3, -0.25) is 9.36 Å². The van der Waals surface area contributed by atoms with Gasteiger partial charge in [0, 0.05) is 7.05 Å². The Kier molecular flexibility index (Phi) is 7.45. The van der Waals surface area contributed by atoms with E-state index in [0.717, 1.165) is 4.90 Å². The zero-order chi connectivity index (χ0) is 10.6. The minimum absolute atomic E-state index is 0. The van der Waals surface area contributed by atoms with Crippen LogP contribution in [-0.2, 0) is 9.36 Å². The van der Waals surface area contributed by atoms with Crippen LogP contribution in [0.3, 0.4) is 0 Å². The second-order valence-electron chi connectivity index (χ2n) is 2.20. The monoisotopic (exact) mass is 233 g/mol. The molecule has 10 heteroatoms. The molecule has 0 bridgehead atoms. The van der Waals surface area contributed by atoms with Crippen molar-refractivity contribution in [3.8, 4) is 0 Å². The van der Waals surface area contributed by atoms with Crippen molar-refractivity contribution in [2.45, 2.75) is 0 Å². The van der Waals surface area contributed by atoms with Gasteiger partial charge in [-0.25, -0.2) is 0 Å². The van der Waals surface area contributed by atoms with Crippen LogP contribution in [0.15, 0.2) is 4.76 Å². The summed E-state index contributed by atoms with van der Waals surface area (Å²) in [5, 5.41) is 8.27. The minimum Gasteiger partial charge on any atom is -0.760 e. The third-order valence-electron chi connectivity index (χ3n) is 0.992. The van der Waals surface area contributed by atoms with Gasteiger partial charge in [-0.15, -0.1) is 0 Å². The number of rotatable bonds is 3. The first-order valence-electron chi connectivity index (χ1n) is 3.05.